The Hall–Kier alpha value is -4.34. The molecule has 0 amide bonds. The SMILES string of the molecule is CN(C)C[C@H]1CC[C@H](COc2cc(Nc3ccnc(-c4cnn(S(=O)(=O)C5CC5)c4)n3)ncc2C#Cc2cccnc2)CC1. The Bertz CT molecular complexity index is 1750. The van der Waals surface area contributed by atoms with E-state index in [4.69, 9.17) is 4.74 Å². The first-order valence-corrected chi connectivity index (χ1v) is 16.4. The standard InChI is InChI=1S/C32H36N8O3S/c1-39(2)20-24-5-7-25(8-6-24)22-43-29-16-31(35-18-26(29)10-9-23-4-3-14-33-17-23)37-30-13-15-34-32(38-30)27-19-36-40(21-27)44(41,42)28-11-12-28/h3-4,13-19,21,24-25,28H,5-8,11-12,20,22H2,1-2H3,(H,34,35,37,38)/t24-,25-. The number of aromatic nitrogens is 6. The van der Waals surface area contributed by atoms with E-state index in [9.17, 15) is 8.42 Å². The largest absolute Gasteiger partial charge is 0.492 e. The number of hydrogen-bond acceptors (Lipinski definition) is 10. The van der Waals surface area contributed by atoms with E-state index in [-0.39, 0.29) is 5.25 Å². The first-order chi connectivity index (χ1) is 21.3. The van der Waals surface area contributed by atoms with Crippen molar-refractivity contribution >= 4 is 21.7 Å². The lowest BCUT2D eigenvalue weighted by molar-refractivity contribution is 0.166. The molecule has 2 saturated carbocycles. The molecule has 4 heterocycles. The Balaban J connectivity index is 1.19. The lowest BCUT2D eigenvalue weighted by Gasteiger charge is -2.30. The molecule has 2 aliphatic rings. The number of rotatable bonds is 10. The van der Waals surface area contributed by atoms with E-state index >= 15 is 0 Å². The van der Waals surface area contributed by atoms with Crippen LogP contribution in [-0.2, 0) is 10.0 Å². The zero-order valence-corrected chi connectivity index (χ0v) is 25.7. The Morgan fingerprint density at radius 1 is 0.977 bits per heavy atom. The topological polar surface area (TPSA) is 128 Å². The molecule has 0 radical (unpaired) electrons. The summed E-state index contributed by atoms with van der Waals surface area (Å²) in [4.78, 5) is 19.9. The van der Waals surface area contributed by atoms with E-state index in [1.807, 2.05) is 18.2 Å². The van der Waals surface area contributed by atoms with E-state index in [0.717, 1.165) is 35.0 Å². The van der Waals surface area contributed by atoms with Crippen LogP contribution in [-0.4, -0.2) is 74.9 Å². The highest BCUT2D eigenvalue weighted by Gasteiger charge is 2.37. The molecule has 6 rings (SSSR count). The lowest BCUT2D eigenvalue weighted by Crippen LogP contribution is -2.27. The van der Waals surface area contributed by atoms with Gasteiger partial charge < -0.3 is 15.0 Å². The van der Waals surface area contributed by atoms with Crippen molar-refractivity contribution in [1.82, 2.24) is 34.0 Å². The number of ether oxygens (including phenoxy) is 1. The van der Waals surface area contributed by atoms with Crippen molar-refractivity contribution < 1.29 is 13.2 Å². The molecule has 0 atom stereocenters. The molecule has 4 aromatic heterocycles. The third-order valence-electron chi connectivity index (χ3n) is 7.87. The number of nitrogens with zero attached hydrogens (tertiary/aromatic N) is 7. The van der Waals surface area contributed by atoms with Crippen molar-refractivity contribution in [3.05, 3.63) is 72.6 Å². The number of nitrogens with one attached hydrogen (secondary N) is 1. The van der Waals surface area contributed by atoms with Gasteiger partial charge in [-0.25, -0.2) is 23.4 Å². The molecule has 0 aromatic carbocycles. The summed E-state index contributed by atoms with van der Waals surface area (Å²) in [5.41, 5.74) is 2.01. The van der Waals surface area contributed by atoms with Gasteiger partial charge in [-0.05, 0) is 82.7 Å². The van der Waals surface area contributed by atoms with Crippen molar-refractivity contribution in [3.8, 4) is 29.0 Å². The fourth-order valence-electron chi connectivity index (χ4n) is 5.38. The van der Waals surface area contributed by atoms with Crippen molar-refractivity contribution in [2.75, 3.05) is 32.6 Å². The monoisotopic (exact) mass is 612 g/mol. The van der Waals surface area contributed by atoms with Crippen LogP contribution in [0.4, 0.5) is 11.6 Å². The highest BCUT2D eigenvalue weighted by Crippen LogP contribution is 2.32. The lowest BCUT2D eigenvalue weighted by atomic mass is 9.82. The molecule has 228 valence electrons. The molecule has 11 nitrogen and oxygen atoms in total. The number of anilines is 2. The molecule has 0 unspecified atom stereocenters. The predicted octanol–water partition coefficient (Wildman–Crippen LogP) is 4.36. The van der Waals surface area contributed by atoms with Crippen molar-refractivity contribution in [3.63, 3.8) is 0 Å². The molecule has 2 fully saturated rings. The molecule has 0 spiro atoms. The summed E-state index contributed by atoms with van der Waals surface area (Å²) in [5.74, 6) is 9.63. The molecule has 0 bridgehead atoms. The summed E-state index contributed by atoms with van der Waals surface area (Å²) >= 11 is 0. The van der Waals surface area contributed by atoms with Crippen molar-refractivity contribution in [2.24, 2.45) is 11.8 Å². The Morgan fingerprint density at radius 3 is 2.55 bits per heavy atom. The van der Waals surface area contributed by atoms with Gasteiger partial charge in [-0.1, -0.05) is 11.8 Å². The quantitative estimate of drug-likeness (QED) is 0.258. The van der Waals surface area contributed by atoms with Crippen LogP contribution < -0.4 is 10.1 Å². The molecule has 1 N–H and O–H groups in total. The van der Waals surface area contributed by atoms with E-state index in [1.165, 1.54) is 25.2 Å². The van der Waals surface area contributed by atoms with Gasteiger partial charge in [-0.3, -0.25) is 4.98 Å². The summed E-state index contributed by atoms with van der Waals surface area (Å²) in [6, 6.07) is 7.33. The maximum absolute atomic E-state index is 12.6. The van der Waals surface area contributed by atoms with Gasteiger partial charge in [0.25, 0.3) is 10.0 Å². The van der Waals surface area contributed by atoms with Crippen LogP contribution in [0.1, 0.15) is 49.7 Å². The number of hydrogen-bond donors (Lipinski definition) is 1. The van der Waals surface area contributed by atoms with E-state index in [0.29, 0.717) is 59.7 Å². The minimum absolute atomic E-state index is 0.354. The molecule has 2 aliphatic carbocycles. The van der Waals surface area contributed by atoms with Crippen molar-refractivity contribution in [2.45, 2.75) is 43.8 Å². The van der Waals surface area contributed by atoms with Crippen LogP contribution in [0.2, 0.25) is 0 Å². The minimum Gasteiger partial charge on any atom is -0.492 e. The third-order valence-corrected chi connectivity index (χ3v) is 9.90. The van der Waals surface area contributed by atoms with Crippen molar-refractivity contribution in [1.29, 1.82) is 0 Å². The van der Waals surface area contributed by atoms with Gasteiger partial charge in [0.2, 0.25) is 0 Å². The summed E-state index contributed by atoms with van der Waals surface area (Å²) in [6.45, 7) is 1.75. The Morgan fingerprint density at radius 2 is 1.80 bits per heavy atom. The molecule has 44 heavy (non-hydrogen) atoms. The van der Waals surface area contributed by atoms with Gasteiger partial charge in [-0.2, -0.15) is 9.19 Å². The molecule has 4 aromatic rings. The van der Waals surface area contributed by atoms with Gasteiger partial charge in [0.1, 0.15) is 17.4 Å². The average Bonchev–Trinajstić information content (AvgIpc) is 3.77. The fourth-order valence-corrected chi connectivity index (χ4v) is 6.85. The molecular formula is C32H36N8O3S. The predicted molar refractivity (Wildman–Crippen MR) is 168 cm³/mol. The minimum atomic E-state index is -3.47. The smallest absolute Gasteiger partial charge is 0.256 e. The third kappa shape index (κ3) is 7.41. The zero-order valence-electron chi connectivity index (χ0n) is 24.9. The zero-order chi connectivity index (χ0) is 30.5. The fraction of sp³-hybridized carbons (Fsp3) is 0.406. The summed E-state index contributed by atoms with van der Waals surface area (Å²) in [6.07, 6.45) is 15.7. The summed E-state index contributed by atoms with van der Waals surface area (Å²) in [7, 11) is 0.801. The van der Waals surface area contributed by atoms with Gasteiger partial charge in [-0.15, -0.1) is 0 Å². The van der Waals surface area contributed by atoms with Gasteiger partial charge in [0.15, 0.2) is 5.82 Å². The Labute approximate surface area is 258 Å². The average molecular weight is 613 g/mol. The van der Waals surface area contributed by atoms with E-state index < -0.39 is 10.0 Å². The summed E-state index contributed by atoms with van der Waals surface area (Å²) < 4.78 is 32.5. The Kier molecular flexibility index (Phi) is 8.86. The van der Waals surface area contributed by atoms with E-state index in [2.05, 4.69) is 61.2 Å². The molecule has 0 aliphatic heterocycles. The first-order valence-electron chi connectivity index (χ1n) is 14.9. The van der Waals surface area contributed by atoms with E-state index in [1.54, 1.807) is 30.9 Å². The van der Waals surface area contributed by atoms with Crippen LogP contribution in [0.15, 0.2) is 61.4 Å². The highest BCUT2D eigenvalue weighted by atomic mass is 32.2. The maximum Gasteiger partial charge on any atom is 0.256 e. The van der Waals surface area contributed by atoms with Crippen LogP contribution in [0.5, 0.6) is 5.75 Å². The second-order valence-electron chi connectivity index (χ2n) is 11.8. The summed E-state index contributed by atoms with van der Waals surface area (Å²) in [5, 5.41) is 6.93. The van der Waals surface area contributed by atoms with Crippen LogP contribution >= 0.6 is 0 Å². The normalized spacial score (nSPS) is 18.4. The second-order valence-corrected chi connectivity index (χ2v) is 13.8. The molecule has 0 saturated heterocycles. The van der Waals surface area contributed by atoms with Crippen LogP contribution in [0, 0.1) is 23.7 Å². The molecule has 12 heteroatoms. The maximum atomic E-state index is 12.6. The van der Waals surface area contributed by atoms with Crippen LogP contribution in [0.3, 0.4) is 0 Å². The second kappa shape index (κ2) is 13.1. The van der Waals surface area contributed by atoms with Crippen LogP contribution in [0.25, 0.3) is 11.4 Å². The van der Waals surface area contributed by atoms with Gasteiger partial charge in [0.05, 0.1) is 35.4 Å². The van der Waals surface area contributed by atoms with Gasteiger partial charge >= 0.3 is 0 Å². The first kappa shape index (κ1) is 29.7. The van der Waals surface area contributed by atoms with Gasteiger partial charge in [0, 0.05) is 43.0 Å². The highest BCUT2D eigenvalue weighted by molar-refractivity contribution is 7.90. The number of pyridine rings is 2. The molecular weight excluding hydrogens is 576 g/mol.